The maximum atomic E-state index is 13.3. The normalized spacial score (nSPS) is 13.8. The molecule has 3 aromatic rings. The summed E-state index contributed by atoms with van der Waals surface area (Å²) in [6.07, 6.45) is 2.23. The average molecular weight is 575 g/mol. The van der Waals surface area contributed by atoms with Crippen LogP contribution in [0, 0.1) is 0 Å². The molecule has 11 nitrogen and oxygen atoms in total. The molecule has 1 aliphatic heterocycles. The van der Waals surface area contributed by atoms with Gasteiger partial charge in [0.25, 0.3) is 5.91 Å². The van der Waals surface area contributed by atoms with Crippen molar-refractivity contribution in [1.82, 2.24) is 14.9 Å². The number of hydrogen-bond acceptors (Lipinski definition) is 8. The molecule has 1 saturated heterocycles. The summed E-state index contributed by atoms with van der Waals surface area (Å²) in [7, 11) is 0. The number of carbonyl (C=O) groups is 3. The van der Waals surface area contributed by atoms with Crippen molar-refractivity contribution in [2.75, 3.05) is 41.7 Å². The zero-order valence-corrected chi connectivity index (χ0v) is 24.9. The standard InChI is InChI=1S/C31H38N6O5/c1-30(2,3)41-28(39)35-24-12-10-21(23-9-7-8-14-32-23)19-25(24)34-27(38)22-11-13-26(33-20-22)36-15-17-37(18-16-36)29(40)42-31(4,5)6/h7-14,19-20H,15-18H2,1-6H3,(H,34,38)(H,35,39). The molecule has 1 aliphatic rings. The van der Waals surface area contributed by atoms with E-state index in [0.717, 1.165) is 11.3 Å². The Kier molecular flexibility index (Phi) is 8.99. The van der Waals surface area contributed by atoms with E-state index in [1.54, 1.807) is 56.1 Å². The minimum absolute atomic E-state index is 0.324. The van der Waals surface area contributed by atoms with E-state index in [0.29, 0.717) is 48.9 Å². The maximum absolute atomic E-state index is 13.3. The quantitative estimate of drug-likeness (QED) is 0.392. The smallest absolute Gasteiger partial charge is 0.412 e. The van der Waals surface area contributed by atoms with Crippen LogP contribution in [0.4, 0.5) is 26.8 Å². The molecule has 0 atom stereocenters. The molecule has 0 spiro atoms. The van der Waals surface area contributed by atoms with Crippen LogP contribution in [0.5, 0.6) is 0 Å². The molecule has 11 heteroatoms. The fraction of sp³-hybridized carbons (Fsp3) is 0.387. The highest BCUT2D eigenvalue weighted by Crippen LogP contribution is 2.29. The van der Waals surface area contributed by atoms with Crippen LogP contribution in [0.3, 0.4) is 0 Å². The molecule has 2 N–H and O–H groups in total. The van der Waals surface area contributed by atoms with Crippen molar-refractivity contribution >= 4 is 35.3 Å². The second kappa shape index (κ2) is 12.5. The monoisotopic (exact) mass is 574 g/mol. The molecular formula is C31H38N6O5. The molecule has 1 fully saturated rings. The number of benzene rings is 1. The van der Waals surface area contributed by atoms with Crippen molar-refractivity contribution < 1.29 is 23.9 Å². The summed E-state index contributed by atoms with van der Waals surface area (Å²) in [5.74, 6) is 0.314. The van der Waals surface area contributed by atoms with Crippen LogP contribution in [0.2, 0.25) is 0 Å². The molecule has 0 bridgehead atoms. The molecule has 0 radical (unpaired) electrons. The molecular weight excluding hydrogens is 536 g/mol. The van der Waals surface area contributed by atoms with Gasteiger partial charge in [-0.25, -0.2) is 14.6 Å². The van der Waals surface area contributed by atoms with Crippen molar-refractivity contribution in [2.24, 2.45) is 0 Å². The third-order valence-electron chi connectivity index (χ3n) is 6.13. The molecule has 0 aliphatic carbocycles. The highest BCUT2D eigenvalue weighted by Gasteiger charge is 2.26. The molecule has 222 valence electrons. The van der Waals surface area contributed by atoms with Gasteiger partial charge in [0, 0.05) is 44.1 Å². The van der Waals surface area contributed by atoms with Gasteiger partial charge in [0.1, 0.15) is 17.0 Å². The second-order valence-corrected chi connectivity index (χ2v) is 11.9. The third kappa shape index (κ3) is 8.42. The molecule has 4 rings (SSSR count). The van der Waals surface area contributed by atoms with Gasteiger partial charge in [-0.2, -0.15) is 0 Å². The van der Waals surface area contributed by atoms with Crippen LogP contribution in [0.15, 0.2) is 60.9 Å². The summed E-state index contributed by atoms with van der Waals surface area (Å²) in [4.78, 5) is 50.8. The van der Waals surface area contributed by atoms with Crippen molar-refractivity contribution in [2.45, 2.75) is 52.7 Å². The Balaban J connectivity index is 1.46. The van der Waals surface area contributed by atoms with Crippen LogP contribution in [-0.2, 0) is 9.47 Å². The number of anilines is 3. The van der Waals surface area contributed by atoms with Gasteiger partial charge >= 0.3 is 12.2 Å². The van der Waals surface area contributed by atoms with Gasteiger partial charge in [-0.1, -0.05) is 12.1 Å². The molecule has 0 unspecified atom stereocenters. The number of rotatable bonds is 5. The van der Waals surface area contributed by atoms with Gasteiger partial charge in [0.05, 0.1) is 22.6 Å². The lowest BCUT2D eigenvalue weighted by molar-refractivity contribution is 0.0240. The topological polar surface area (TPSA) is 126 Å². The Morgan fingerprint density at radius 2 is 1.50 bits per heavy atom. The summed E-state index contributed by atoms with van der Waals surface area (Å²) in [6.45, 7) is 13.1. The minimum atomic E-state index is -0.683. The number of nitrogens with one attached hydrogen (secondary N) is 2. The Morgan fingerprint density at radius 1 is 0.786 bits per heavy atom. The molecule has 3 amide bonds. The van der Waals surface area contributed by atoms with E-state index in [-0.39, 0.29) is 6.09 Å². The molecule has 1 aromatic carbocycles. The number of ether oxygens (including phenoxy) is 2. The number of amides is 3. The van der Waals surface area contributed by atoms with Crippen molar-refractivity contribution in [3.8, 4) is 11.3 Å². The number of carbonyl (C=O) groups excluding carboxylic acids is 3. The third-order valence-corrected chi connectivity index (χ3v) is 6.13. The first-order valence-corrected chi connectivity index (χ1v) is 13.8. The number of pyridine rings is 2. The van der Waals surface area contributed by atoms with Gasteiger partial charge in [0.2, 0.25) is 0 Å². The van der Waals surface area contributed by atoms with Gasteiger partial charge in [-0.15, -0.1) is 0 Å². The number of aromatic nitrogens is 2. The van der Waals surface area contributed by atoms with Gasteiger partial charge in [-0.05, 0) is 77.9 Å². The zero-order valence-electron chi connectivity index (χ0n) is 24.9. The highest BCUT2D eigenvalue weighted by atomic mass is 16.6. The van der Waals surface area contributed by atoms with E-state index in [9.17, 15) is 14.4 Å². The predicted molar refractivity (Wildman–Crippen MR) is 162 cm³/mol. The Hall–Kier alpha value is -4.67. The fourth-order valence-corrected chi connectivity index (χ4v) is 4.21. The van der Waals surface area contributed by atoms with E-state index in [2.05, 4.69) is 25.5 Å². The highest BCUT2D eigenvalue weighted by molar-refractivity contribution is 6.07. The molecule has 3 heterocycles. The lowest BCUT2D eigenvalue weighted by Gasteiger charge is -2.36. The van der Waals surface area contributed by atoms with E-state index in [4.69, 9.17) is 9.47 Å². The largest absolute Gasteiger partial charge is 0.444 e. The van der Waals surface area contributed by atoms with Gasteiger partial charge < -0.3 is 24.6 Å². The number of piperazine rings is 1. The fourth-order valence-electron chi connectivity index (χ4n) is 4.21. The van der Waals surface area contributed by atoms with Crippen molar-refractivity contribution in [3.63, 3.8) is 0 Å². The summed E-state index contributed by atoms with van der Waals surface area (Å²) in [5.41, 5.74) is 1.36. The summed E-state index contributed by atoms with van der Waals surface area (Å²) in [5, 5.41) is 5.62. The SMILES string of the molecule is CC(C)(C)OC(=O)Nc1ccc(-c2ccccn2)cc1NC(=O)c1ccc(N2CCN(C(=O)OC(C)(C)C)CC2)nc1. The second-order valence-electron chi connectivity index (χ2n) is 11.9. The average Bonchev–Trinajstić information content (AvgIpc) is 2.92. The van der Waals surface area contributed by atoms with Gasteiger partial charge in [0.15, 0.2) is 0 Å². The maximum Gasteiger partial charge on any atom is 0.412 e. The lowest BCUT2D eigenvalue weighted by atomic mass is 10.1. The van der Waals surface area contributed by atoms with E-state index >= 15 is 0 Å². The van der Waals surface area contributed by atoms with Crippen molar-refractivity contribution in [3.05, 3.63) is 66.5 Å². The van der Waals surface area contributed by atoms with Crippen LogP contribution >= 0.6 is 0 Å². The lowest BCUT2D eigenvalue weighted by Crippen LogP contribution is -2.50. The van der Waals surface area contributed by atoms with E-state index < -0.39 is 23.2 Å². The predicted octanol–water partition coefficient (Wildman–Crippen LogP) is 5.80. The first-order chi connectivity index (χ1) is 19.8. The number of nitrogens with zero attached hydrogens (tertiary/aromatic N) is 4. The van der Waals surface area contributed by atoms with E-state index in [1.807, 2.05) is 45.0 Å². The zero-order chi connectivity index (χ0) is 30.5. The first-order valence-electron chi connectivity index (χ1n) is 13.8. The van der Waals surface area contributed by atoms with E-state index in [1.165, 1.54) is 6.20 Å². The summed E-state index contributed by atoms with van der Waals surface area (Å²) in [6, 6.07) is 14.3. The Labute approximate surface area is 246 Å². The van der Waals surface area contributed by atoms with Crippen LogP contribution < -0.4 is 15.5 Å². The number of hydrogen-bond donors (Lipinski definition) is 2. The molecule has 0 saturated carbocycles. The molecule has 42 heavy (non-hydrogen) atoms. The van der Waals surface area contributed by atoms with Crippen LogP contribution in [0.1, 0.15) is 51.9 Å². The minimum Gasteiger partial charge on any atom is -0.444 e. The summed E-state index contributed by atoms with van der Waals surface area (Å²) >= 11 is 0. The van der Waals surface area contributed by atoms with Crippen LogP contribution in [-0.4, -0.2) is 70.3 Å². The first kappa shape index (κ1) is 30.3. The van der Waals surface area contributed by atoms with Gasteiger partial charge in [-0.3, -0.25) is 15.1 Å². The molecule has 2 aromatic heterocycles. The summed E-state index contributed by atoms with van der Waals surface area (Å²) < 4.78 is 10.9. The Bertz CT molecular complexity index is 1410. The Morgan fingerprint density at radius 3 is 2.10 bits per heavy atom. The van der Waals surface area contributed by atoms with Crippen LogP contribution in [0.25, 0.3) is 11.3 Å². The van der Waals surface area contributed by atoms with Crippen molar-refractivity contribution in [1.29, 1.82) is 0 Å².